The van der Waals surface area contributed by atoms with Crippen LogP contribution >= 0.6 is 0 Å². The van der Waals surface area contributed by atoms with E-state index in [1.807, 2.05) is 0 Å². The number of hydrogen-bond donors (Lipinski definition) is 0. The Morgan fingerprint density at radius 2 is 1.62 bits per heavy atom. The van der Waals surface area contributed by atoms with Gasteiger partial charge in [-0.25, -0.2) is 17.6 Å². The Kier molecular flexibility index (Phi) is 5.41. The molecular formula is C21H17F4N3O3S. The zero-order valence-corrected chi connectivity index (χ0v) is 17.5. The van der Waals surface area contributed by atoms with Crippen molar-refractivity contribution in [3.63, 3.8) is 0 Å². The van der Waals surface area contributed by atoms with Gasteiger partial charge >= 0.3 is 11.9 Å². The van der Waals surface area contributed by atoms with E-state index < -0.39 is 33.3 Å². The second kappa shape index (κ2) is 7.82. The minimum absolute atomic E-state index is 0.0982. The molecular weight excluding hydrogens is 450 g/mol. The van der Waals surface area contributed by atoms with Crippen molar-refractivity contribution in [1.82, 2.24) is 13.9 Å². The highest BCUT2D eigenvalue weighted by Gasteiger charge is 2.32. The third kappa shape index (κ3) is 4.17. The first-order valence-corrected chi connectivity index (χ1v) is 11.3. The molecule has 1 aromatic heterocycles. The molecule has 0 saturated heterocycles. The van der Waals surface area contributed by atoms with Crippen molar-refractivity contribution in [2.24, 2.45) is 0 Å². The van der Waals surface area contributed by atoms with E-state index in [1.165, 1.54) is 45.3 Å². The molecule has 6 nitrogen and oxygen atoms in total. The fourth-order valence-corrected chi connectivity index (χ4v) is 4.50. The highest BCUT2D eigenvalue weighted by Crippen LogP contribution is 2.33. The van der Waals surface area contributed by atoms with Gasteiger partial charge in [-0.15, -0.1) is 0 Å². The quantitative estimate of drug-likeness (QED) is 0.554. The van der Waals surface area contributed by atoms with Crippen LogP contribution < -0.4 is 5.69 Å². The second-order valence-corrected chi connectivity index (χ2v) is 9.38. The molecule has 11 heteroatoms. The Morgan fingerprint density at radius 1 is 1.00 bits per heavy atom. The van der Waals surface area contributed by atoms with Crippen LogP contribution in [0.15, 0.2) is 53.3 Å². The number of benzene rings is 2. The van der Waals surface area contributed by atoms with Crippen molar-refractivity contribution in [3.8, 4) is 16.9 Å². The summed E-state index contributed by atoms with van der Waals surface area (Å²) in [7, 11) is -3.57. The van der Waals surface area contributed by atoms with Gasteiger partial charge in [0.1, 0.15) is 5.82 Å². The van der Waals surface area contributed by atoms with Gasteiger partial charge in [0.25, 0.3) is 0 Å². The largest absolute Gasteiger partial charge is 0.416 e. The molecule has 0 spiro atoms. The van der Waals surface area contributed by atoms with Gasteiger partial charge in [-0.05, 0) is 36.4 Å². The minimum atomic E-state index is -4.52. The summed E-state index contributed by atoms with van der Waals surface area (Å²) >= 11 is 0. The molecule has 0 amide bonds. The number of aromatic nitrogens is 2. The van der Waals surface area contributed by atoms with Crippen molar-refractivity contribution >= 4 is 10.0 Å². The van der Waals surface area contributed by atoms with Gasteiger partial charge in [0.2, 0.25) is 10.0 Å². The summed E-state index contributed by atoms with van der Waals surface area (Å²) in [5, 5.41) is 0. The Morgan fingerprint density at radius 3 is 2.19 bits per heavy atom. The van der Waals surface area contributed by atoms with Crippen molar-refractivity contribution in [3.05, 3.63) is 81.7 Å². The van der Waals surface area contributed by atoms with E-state index in [-0.39, 0.29) is 30.8 Å². The Labute approximate surface area is 180 Å². The first-order valence-electron chi connectivity index (χ1n) is 9.48. The monoisotopic (exact) mass is 467 g/mol. The zero-order valence-electron chi connectivity index (χ0n) is 16.7. The van der Waals surface area contributed by atoms with Gasteiger partial charge in [0.15, 0.2) is 0 Å². The van der Waals surface area contributed by atoms with E-state index in [2.05, 4.69) is 4.98 Å². The molecule has 2 aromatic carbocycles. The first-order chi connectivity index (χ1) is 14.9. The average Bonchev–Trinajstić information content (AvgIpc) is 2.72. The number of fused-ring (bicyclic) bond motifs is 1. The molecule has 0 saturated carbocycles. The van der Waals surface area contributed by atoms with Gasteiger partial charge in [0, 0.05) is 36.3 Å². The van der Waals surface area contributed by atoms with Crippen molar-refractivity contribution in [1.29, 1.82) is 0 Å². The predicted molar refractivity (Wildman–Crippen MR) is 109 cm³/mol. The molecule has 0 fully saturated rings. The second-order valence-electron chi connectivity index (χ2n) is 7.40. The summed E-state index contributed by atoms with van der Waals surface area (Å²) in [6.07, 6.45) is -3.30. The predicted octanol–water partition coefficient (Wildman–Crippen LogP) is 3.38. The number of hydrogen-bond acceptors (Lipinski definition) is 4. The van der Waals surface area contributed by atoms with Gasteiger partial charge in [-0.1, -0.05) is 12.1 Å². The first kappa shape index (κ1) is 22.2. The molecule has 0 atom stereocenters. The van der Waals surface area contributed by atoms with Crippen LogP contribution in [0.1, 0.15) is 16.8 Å². The SMILES string of the molecule is CS(=O)(=O)N1CCc2c(c(-c3ccc(C(F)(F)F)cc3)nc(=O)n2-c2ccc(F)cc2)C1. The molecule has 0 unspecified atom stereocenters. The van der Waals surface area contributed by atoms with E-state index in [0.717, 1.165) is 18.4 Å². The number of sulfonamides is 1. The normalized spacial score (nSPS) is 14.9. The van der Waals surface area contributed by atoms with Gasteiger partial charge < -0.3 is 0 Å². The van der Waals surface area contributed by atoms with Crippen molar-refractivity contribution in [2.45, 2.75) is 19.1 Å². The molecule has 1 aliphatic heterocycles. The molecule has 2 heterocycles. The maximum Gasteiger partial charge on any atom is 0.416 e. The Bertz CT molecular complexity index is 1330. The van der Waals surface area contributed by atoms with Crippen LogP contribution in [-0.4, -0.2) is 35.1 Å². The van der Waals surface area contributed by atoms with E-state index in [1.54, 1.807) is 0 Å². The van der Waals surface area contributed by atoms with E-state index in [9.17, 15) is 30.8 Å². The highest BCUT2D eigenvalue weighted by atomic mass is 32.2. The van der Waals surface area contributed by atoms with Crippen LogP contribution in [0.4, 0.5) is 17.6 Å². The molecule has 0 radical (unpaired) electrons. The lowest BCUT2D eigenvalue weighted by Crippen LogP contribution is -2.39. The molecule has 4 rings (SSSR count). The molecule has 0 aliphatic carbocycles. The maximum atomic E-state index is 13.4. The Balaban J connectivity index is 1.92. The Hall–Kier alpha value is -3.05. The smallest absolute Gasteiger partial charge is 0.265 e. The topological polar surface area (TPSA) is 72.3 Å². The van der Waals surface area contributed by atoms with Crippen molar-refractivity contribution < 1.29 is 26.0 Å². The summed E-state index contributed by atoms with van der Waals surface area (Å²) in [5.41, 5.74) is 0.0627. The van der Waals surface area contributed by atoms with E-state index in [0.29, 0.717) is 16.9 Å². The lowest BCUT2D eigenvalue weighted by molar-refractivity contribution is -0.137. The van der Waals surface area contributed by atoms with Crippen LogP contribution in [0.5, 0.6) is 0 Å². The molecule has 0 N–H and O–H groups in total. The fraction of sp³-hybridized carbons (Fsp3) is 0.238. The summed E-state index contributed by atoms with van der Waals surface area (Å²) in [6, 6.07) is 9.34. The van der Waals surface area contributed by atoms with Gasteiger partial charge in [-0.2, -0.15) is 22.5 Å². The molecule has 0 bridgehead atoms. The van der Waals surface area contributed by atoms with Crippen LogP contribution in [0.2, 0.25) is 0 Å². The van der Waals surface area contributed by atoms with E-state index >= 15 is 0 Å². The lowest BCUT2D eigenvalue weighted by atomic mass is 9.99. The highest BCUT2D eigenvalue weighted by molar-refractivity contribution is 7.88. The fourth-order valence-electron chi connectivity index (χ4n) is 3.71. The number of rotatable bonds is 3. The third-order valence-electron chi connectivity index (χ3n) is 5.27. The summed E-state index contributed by atoms with van der Waals surface area (Å²) < 4.78 is 78.9. The third-order valence-corrected chi connectivity index (χ3v) is 6.52. The summed E-state index contributed by atoms with van der Waals surface area (Å²) in [5.74, 6) is -0.492. The molecule has 168 valence electrons. The summed E-state index contributed by atoms with van der Waals surface area (Å²) in [6.45, 7) is 0.0158. The molecule has 1 aliphatic rings. The van der Waals surface area contributed by atoms with Crippen LogP contribution in [0.3, 0.4) is 0 Å². The average molecular weight is 467 g/mol. The maximum absolute atomic E-state index is 13.4. The van der Waals surface area contributed by atoms with Crippen LogP contribution in [0.25, 0.3) is 16.9 Å². The lowest BCUT2D eigenvalue weighted by Gasteiger charge is -2.30. The number of alkyl halides is 3. The van der Waals surface area contributed by atoms with Gasteiger partial charge in [-0.3, -0.25) is 4.57 Å². The van der Waals surface area contributed by atoms with Crippen LogP contribution in [0, 0.1) is 5.82 Å². The standard InChI is InChI=1S/C21H17F4N3O3S/c1-32(30,31)27-11-10-18-17(12-27)19(13-2-4-14(5-3-13)21(23,24)25)26-20(29)28(18)16-8-6-15(22)7-9-16/h2-9H,10-12H2,1H3. The number of nitrogens with zero attached hydrogens (tertiary/aromatic N) is 3. The van der Waals surface area contributed by atoms with E-state index in [4.69, 9.17) is 0 Å². The minimum Gasteiger partial charge on any atom is -0.265 e. The van der Waals surface area contributed by atoms with Crippen molar-refractivity contribution in [2.75, 3.05) is 12.8 Å². The molecule has 3 aromatic rings. The molecule has 32 heavy (non-hydrogen) atoms. The number of halogens is 4. The van der Waals surface area contributed by atoms with Crippen LogP contribution in [-0.2, 0) is 29.2 Å². The van der Waals surface area contributed by atoms with Gasteiger partial charge in [0.05, 0.1) is 23.2 Å². The summed E-state index contributed by atoms with van der Waals surface area (Å²) in [4.78, 5) is 17.0. The zero-order chi connectivity index (χ0) is 23.3.